The molecule has 0 saturated heterocycles. The number of fused-ring (bicyclic) bond motifs is 1. The van der Waals surface area contributed by atoms with E-state index in [0.29, 0.717) is 44.2 Å². The molecule has 0 amide bonds. The molecule has 7 nitrogen and oxygen atoms in total. The van der Waals surface area contributed by atoms with E-state index in [-0.39, 0.29) is 4.90 Å². The topological polar surface area (TPSA) is 82.1 Å². The van der Waals surface area contributed by atoms with Gasteiger partial charge in [0.15, 0.2) is 15.7 Å². The van der Waals surface area contributed by atoms with E-state index in [1.807, 2.05) is 28.8 Å². The van der Waals surface area contributed by atoms with Crippen molar-refractivity contribution in [2.45, 2.75) is 4.90 Å². The van der Waals surface area contributed by atoms with E-state index in [4.69, 9.17) is 28.2 Å². The van der Waals surface area contributed by atoms with Crippen LogP contribution in [-0.4, -0.2) is 38.8 Å². The quantitative estimate of drug-likeness (QED) is 0.360. The van der Waals surface area contributed by atoms with Crippen molar-refractivity contribution in [3.63, 3.8) is 0 Å². The third kappa shape index (κ3) is 3.56. The molecule has 0 saturated carbocycles. The van der Waals surface area contributed by atoms with Crippen LogP contribution in [0.4, 0.5) is 0 Å². The fraction of sp³-hybridized carbons (Fsp3) is 0.0455. The van der Waals surface area contributed by atoms with Gasteiger partial charge in [-0.25, -0.2) is 13.4 Å². The number of imidazole rings is 1. The van der Waals surface area contributed by atoms with Crippen molar-refractivity contribution in [3.05, 3.63) is 83.2 Å². The van der Waals surface area contributed by atoms with Gasteiger partial charge in [0.1, 0.15) is 23.4 Å². The zero-order valence-electron chi connectivity index (χ0n) is 16.6. The number of hydrogen-bond acceptors (Lipinski definition) is 5. The highest BCUT2D eigenvalue weighted by molar-refractivity contribution is 7.90. The van der Waals surface area contributed by atoms with Crippen LogP contribution >= 0.6 is 23.2 Å². The fourth-order valence-corrected chi connectivity index (χ4v) is 4.53. The van der Waals surface area contributed by atoms with Gasteiger partial charge in [-0.1, -0.05) is 29.3 Å². The highest BCUT2D eigenvalue weighted by atomic mass is 35.5. The van der Waals surface area contributed by atoms with Crippen LogP contribution in [0.2, 0.25) is 10.0 Å². The fourth-order valence-electron chi connectivity index (χ4n) is 3.52. The van der Waals surface area contributed by atoms with Gasteiger partial charge in [-0.15, -0.1) is 10.2 Å². The summed E-state index contributed by atoms with van der Waals surface area (Å²) in [6.45, 7) is 0. The summed E-state index contributed by atoms with van der Waals surface area (Å²) in [5.41, 5.74) is 3.35. The summed E-state index contributed by atoms with van der Waals surface area (Å²) in [5.74, 6) is 0.516. The molecule has 0 atom stereocenters. The third-order valence-electron chi connectivity index (χ3n) is 5.02. The van der Waals surface area contributed by atoms with Crippen molar-refractivity contribution < 1.29 is 8.42 Å². The molecule has 32 heavy (non-hydrogen) atoms. The normalized spacial score (nSPS) is 11.8. The number of pyridine rings is 1. The summed E-state index contributed by atoms with van der Waals surface area (Å²) in [6.07, 6.45) is 4.62. The van der Waals surface area contributed by atoms with Gasteiger partial charge in [-0.3, -0.25) is 8.97 Å². The Labute approximate surface area is 193 Å². The smallest absolute Gasteiger partial charge is 0.187 e. The van der Waals surface area contributed by atoms with Crippen LogP contribution in [0.15, 0.2) is 78.1 Å². The molecule has 0 aliphatic rings. The number of benzene rings is 2. The Balaban J connectivity index is 1.75. The molecule has 3 heterocycles. The minimum atomic E-state index is -3.30. The maximum absolute atomic E-state index is 11.8. The Hall–Kier alpha value is -3.20. The largest absolute Gasteiger partial charge is 0.296 e. The van der Waals surface area contributed by atoms with E-state index in [1.54, 1.807) is 53.4 Å². The Bertz CT molecular complexity index is 1570. The average molecular weight is 484 g/mol. The number of sulfone groups is 1. The molecule has 0 radical (unpaired) electrons. The Morgan fingerprint density at radius 3 is 2.50 bits per heavy atom. The molecule has 0 spiro atoms. The summed E-state index contributed by atoms with van der Waals surface area (Å²) in [4.78, 5) is 5.01. The molecule has 0 unspecified atom stereocenters. The average Bonchev–Trinajstić information content (AvgIpc) is 3.39. The minimum Gasteiger partial charge on any atom is -0.296 e. The monoisotopic (exact) mass is 483 g/mol. The SMILES string of the molecule is CS(=O)(=O)c1ccc(-n2cnnc2-c2c(-c3cc(Cl)ccc3Cl)nc3ccccn23)cc1. The lowest BCUT2D eigenvalue weighted by Crippen LogP contribution is -2.01. The molecular formula is C22H15Cl2N5O2S. The van der Waals surface area contributed by atoms with Crippen LogP contribution in [0.1, 0.15) is 0 Å². The first kappa shape index (κ1) is 20.7. The van der Waals surface area contributed by atoms with Crippen LogP contribution in [0.25, 0.3) is 34.1 Å². The highest BCUT2D eigenvalue weighted by Gasteiger charge is 2.23. The maximum Gasteiger partial charge on any atom is 0.187 e. The molecule has 160 valence electrons. The van der Waals surface area contributed by atoms with Crippen molar-refractivity contribution in [3.8, 4) is 28.5 Å². The highest BCUT2D eigenvalue weighted by Crippen LogP contribution is 2.37. The number of halogens is 2. The van der Waals surface area contributed by atoms with Gasteiger partial charge in [-0.05, 0) is 54.6 Å². The third-order valence-corrected chi connectivity index (χ3v) is 6.71. The van der Waals surface area contributed by atoms with Gasteiger partial charge in [-0.2, -0.15) is 0 Å². The maximum atomic E-state index is 11.8. The predicted octanol–water partition coefficient (Wildman–Crippen LogP) is 4.96. The van der Waals surface area contributed by atoms with Gasteiger partial charge < -0.3 is 0 Å². The van der Waals surface area contributed by atoms with E-state index in [2.05, 4.69) is 10.2 Å². The summed E-state index contributed by atoms with van der Waals surface area (Å²) >= 11 is 12.7. The van der Waals surface area contributed by atoms with Gasteiger partial charge in [0, 0.05) is 28.7 Å². The number of aromatic nitrogens is 5. The predicted molar refractivity (Wildman–Crippen MR) is 124 cm³/mol. The molecule has 10 heteroatoms. The summed E-state index contributed by atoms with van der Waals surface area (Å²) in [6, 6.07) is 17.4. The second-order valence-corrected chi connectivity index (χ2v) is 10.0. The van der Waals surface area contributed by atoms with Crippen molar-refractivity contribution >= 4 is 38.7 Å². The van der Waals surface area contributed by atoms with Crippen LogP contribution in [0.5, 0.6) is 0 Å². The molecule has 5 aromatic rings. The van der Waals surface area contributed by atoms with E-state index >= 15 is 0 Å². The molecule has 0 bridgehead atoms. The summed E-state index contributed by atoms with van der Waals surface area (Å²) in [7, 11) is -3.30. The van der Waals surface area contributed by atoms with Gasteiger partial charge >= 0.3 is 0 Å². The zero-order valence-corrected chi connectivity index (χ0v) is 19.0. The molecule has 0 aliphatic carbocycles. The lowest BCUT2D eigenvalue weighted by atomic mass is 10.1. The summed E-state index contributed by atoms with van der Waals surface area (Å²) < 4.78 is 27.3. The summed E-state index contributed by atoms with van der Waals surface area (Å²) in [5, 5.41) is 9.49. The van der Waals surface area contributed by atoms with E-state index in [0.717, 1.165) is 0 Å². The first-order valence-corrected chi connectivity index (χ1v) is 12.1. The van der Waals surface area contributed by atoms with Crippen molar-refractivity contribution in [1.82, 2.24) is 24.1 Å². The molecule has 5 rings (SSSR count). The molecule has 0 fully saturated rings. The van der Waals surface area contributed by atoms with Crippen LogP contribution in [0.3, 0.4) is 0 Å². The standard InChI is InChI=1S/C22H15Cl2N5O2S/c1-32(30,31)16-8-6-15(7-9-16)29-13-25-27-22(29)21-20(17-12-14(23)5-10-18(17)24)26-19-4-2-3-11-28(19)21/h2-13H,1H3. The Morgan fingerprint density at radius 2 is 1.75 bits per heavy atom. The van der Waals surface area contributed by atoms with Gasteiger partial charge in [0.25, 0.3) is 0 Å². The number of hydrogen-bond donors (Lipinski definition) is 0. The molecule has 2 aromatic carbocycles. The van der Waals surface area contributed by atoms with Crippen molar-refractivity contribution in [2.75, 3.05) is 6.26 Å². The second kappa shape index (κ2) is 7.74. The first-order valence-electron chi connectivity index (χ1n) is 9.46. The molecule has 0 aliphatic heterocycles. The molecular weight excluding hydrogens is 469 g/mol. The van der Waals surface area contributed by atoms with Gasteiger partial charge in [0.2, 0.25) is 0 Å². The minimum absolute atomic E-state index is 0.233. The van der Waals surface area contributed by atoms with Crippen LogP contribution in [0, 0.1) is 0 Å². The van der Waals surface area contributed by atoms with E-state index in [1.165, 1.54) is 6.26 Å². The van der Waals surface area contributed by atoms with Crippen molar-refractivity contribution in [2.24, 2.45) is 0 Å². The van der Waals surface area contributed by atoms with Crippen molar-refractivity contribution in [1.29, 1.82) is 0 Å². The zero-order chi connectivity index (χ0) is 22.5. The van der Waals surface area contributed by atoms with Crippen LogP contribution in [-0.2, 0) is 9.84 Å². The van der Waals surface area contributed by atoms with E-state index in [9.17, 15) is 8.42 Å². The van der Waals surface area contributed by atoms with E-state index < -0.39 is 9.84 Å². The lowest BCUT2D eigenvalue weighted by molar-refractivity contribution is 0.602. The first-order chi connectivity index (χ1) is 15.3. The molecule has 3 aromatic heterocycles. The van der Waals surface area contributed by atoms with Crippen LogP contribution < -0.4 is 0 Å². The Kier molecular flexibility index (Phi) is 5.00. The second-order valence-electron chi connectivity index (χ2n) is 7.15. The number of rotatable bonds is 4. The number of nitrogens with zero attached hydrogens (tertiary/aromatic N) is 5. The lowest BCUT2D eigenvalue weighted by Gasteiger charge is -2.10. The van der Waals surface area contributed by atoms with Gasteiger partial charge in [0.05, 0.1) is 9.92 Å². The Morgan fingerprint density at radius 1 is 0.969 bits per heavy atom. The molecule has 0 N–H and O–H groups in total.